The lowest BCUT2D eigenvalue weighted by Crippen LogP contribution is -2.45. The monoisotopic (exact) mass is 416 g/mol. The molecule has 1 N–H and O–H groups in total. The van der Waals surface area contributed by atoms with Crippen LogP contribution in [-0.2, 0) is 16.1 Å². The minimum absolute atomic E-state index is 0.162. The van der Waals surface area contributed by atoms with Gasteiger partial charge in [-0.05, 0) is 56.9 Å². The maximum Gasteiger partial charge on any atom is 0.338 e. The molecule has 1 aromatic heterocycles. The predicted octanol–water partition coefficient (Wildman–Crippen LogP) is 4.27. The summed E-state index contributed by atoms with van der Waals surface area (Å²) in [5.41, 5.74) is 1.26. The summed E-state index contributed by atoms with van der Waals surface area (Å²) in [6.07, 6.45) is 3.60. The van der Waals surface area contributed by atoms with Gasteiger partial charge >= 0.3 is 5.97 Å². The lowest BCUT2D eigenvalue weighted by atomic mass is 9.86. The molecule has 0 bridgehead atoms. The van der Waals surface area contributed by atoms with Gasteiger partial charge in [-0.2, -0.15) is 0 Å². The Balaban J connectivity index is 1.48. The second-order valence-electron chi connectivity index (χ2n) is 7.60. The number of carbonyl (C=O) groups excluding carboxylic acids is 2. The van der Waals surface area contributed by atoms with Crippen LogP contribution < -0.4 is 10.1 Å². The molecule has 7 heteroatoms. The molecule has 0 saturated heterocycles. The van der Waals surface area contributed by atoms with Gasteiger partial charge < -0.3 is 14.8 Å². The van der Waals surface area contributed by atoms with Gasteiger partial charge in [0.25, 0.3) is 5.91 Å². The minimum Gasteiger partial charge on any atom is -0.487 e. The summed E-state index contributed by atoms with van der Waals surface area (Å²) < 4.78 is 11.0. The van der Waals surface area contributed by atoms with E-state index in [0.29, 0.717) is 23.8 Å². The molecule has 3 rings (SSSR count). The zero-order valence-electron chi connectivity index (χ0n) is 17.1. The van der Waals surface area contributed by atoms with Gasteiger partial charge in [0.1, 0.15) is 12.4 Å². The highest BCUT2D eigenvalue weighted by atomic mass is 32.1. The molecule has 0 spiro atoms. The molecule has 156 valence electrons. The van der Waals surface area contributed by atoms with E-state index in [9.17, 15) is 9.59 Å². The third-order valence-corrected chi connectivity index (χ3v) is 6.06. The van der Waals surface area contributed by atoms with Crippen molar-refractivity contribution in [3.8, 4) is 5.75 Å². The number of hydrogen-bond donors (Lipinski definition) is 1. The molecule has 29 heavy (non-hydrogen) atoms. The third-order valence-electron chi connectivity index (χ3n) is 5.24. The van der Waals surface area contributed by atoms with Crippen molar-refractivity contribution in [2.45, 2.75) is 65.2 Å². The number of ether oxygens (including phenoxy) is 2. The topological polar surface area (TPSA) is 77.5 Å². The van der Waals surface area contributed by atoms with Gasteiger partial charge in [-0.15, -0.1) is 11.3 Å². The van der Waals surface area contributed by atoms with E-state index in [4.69, 9.17) is 9.47 Å². The summed E-state index contributed by atoms with van der Waals surface area (Å²) in [6.45, 7) is 6.09. The van der Waals surface area contributed by atoms with Crippen LogP contribution in [0.1, 0.15) is 60.6 Å². The van der Waals surface area contributed by atoms with Crippen LogP contribution in [0.5, 0.6) is 5.75 Å². The first-order valence-electron chi connectivity index (χ1n) is 10.1. The Morgan fingerprint density at radius 3 is 2.62 bits per heavy atom. The molecule has 1 fully saturated rings. The Morgan fingerprint density at radius 1 is 1.24 bits per heavy atom. The van der Waals surface area contributed by atoms with Crippen LogP contribution in [0.4, 0.5) is 0 Å². The van der Waals surface area contributed by atoms with Crippen LogP contribution in [0.25, 0.3) is 0 Å². The molecule has 1 saturated carbocycles. The van der Waals surface area contributed by atoms with Crippen LogP contribution in [-0.4, -0.2) is 29.0 Å². The molecular weight excluding hydrogens is 388 g/mol. The summed E-state index contributed by atoms with van der Waals surface area (Å²) in [5.74, 6) is 0.335. The zero-order chi connectivity index (χ0) is 20.8. The lowest BCUT2D eigenvalue weighted by molar-refractivity contribution is -0.130. The summed E-state index contributed by atoms with van der Waals surface area (Å²) in [6, 6.07) is 6.86. The molecular formula is C22H28N2O4S. The average Bonchev–Trinajstić information content (AvgIpc) is 3.13. The van der Waals surface area contributed by atoms with Crippen molar-refractivity contribution >= 4 is 23.2 Å². The fourth-order valence-corrected chi connectivity index (χ4v) is 4.03. The van der Waals surface area contributed by atoms with Crippen LogP contribution in [0.15, 0.2) is 29.6 Å². The molecule has 2 aromatic rings. The van der Waals surface area contributed by atoms with Crippen molar-refractivity contribution in [2.75, 3.05) is 0 Å². The average molecular weight is 417 g/mol. The van der Waals surface area contributed by atoms with Crippen molar-refractivity contribution in [3.63, 3.8) is 0 Å². The molecule has 1 aliphatic rings. The van der Waals surface area contributed by atoms with Gasteiger partial charge in [-0.3, -0.25) is 4.79 Å². The molecule has 1 aromatic carbocycles. The van der Waals surface area contributed by atoms with E-state index in [2.05, 4.69) is 17.2 Å². The van der Waals surface area contributed by atoms with E-state index in [1.807, 2.05) is 12.3 Å². The van der Waals surface area contributed by atoms with Gasteiger partial charge in [0, 0.05) is 11.4 Å². The van der Waals surface area contributed by atoms with Gasteiger partial charge in [0.15, 0.2) is 6.10 Å². The summed E-state index contributed by atoms with van der Waals surface area (Å²) in [4.78, 5) is 29.1. The smallest absolute Gasteiger partial charge is 0.338 e. The number of aromatic nitrogens is 1. The number of hydrogen-bond acceptors (Lipinski definition) is 6. The Morgan fingerprint density at radius 2 is 1.97 bits per heavy atom. The Labute approximate surface area is 175 Å². The number of nitrogens with zero attached hydrogens (tertiary/aromatic N) is 1. The van der Waals surface area contributed by atoms with E-state index >= 15 is 0 Å². The molecule has 1 heterocycles. The zero-order valence-corrected chi connectivity index (χ0v) is 18.0. The first-order valence-corrected chi connectivity index (χ1v) is 11.0. The maximum absolute atomic E-state index is 12.4. The number of benzene rings is 1. The summed E-state index contributed by atoms with van der Waals surface area (Å²) in [5, 5.41) is 5.98. The van der Waals surface area contributed by atoms with Crippen molar-refractivity contribution in [1.29, 1.82) is 0 Å². The summed E-state index contributed by atoms with van der Waals surface area (Å²) in [7, 11) is 0. The number of amides is 1. The Bertz CT molecular complexity index is 834. The standard InChI is InChI=1S/C22H28N2O4S/c1-14-6-4-5-7-20(14)24-21(25)15(2)28-22(26)17-8-10-19(11-9-17)27-12-18-13-29-16(3)23-18/h8-11,13-15,20H,4-7,12H2,1-3H3,(H,24,25)/t14-,15+,20+/m0/s1. The highest BCUT2D eigenvalue weighted by Gasteiger charge is 2.26. The predicted molar refractivity (Wildman–Crippen MR) is 112 cm³/mol. The first-order chi connectivity index (χ1) is 13.9. The van der Waals surface area contributed by atoms with Crippen molar-refractivity contribution < 1.29 is 19.1 Å². The fraction of sp³-hybridized carbons (Fsp3) is 0.500. The van der Waals surface area contributed by atoms with Gasteiger partial charge in [0.05, 0.1) is 16.3 Å². The number of esters is 1. The van der Waals surface area contributed by atoms with E-state index in [1.165, 1.54) is 6.42 Å². The van der Waals surface area contributed by atoms with Crippen LogP contribution >= 0.6 is 11.3 Å². The SMILES string of the molecule is Cc1nc(COc2ccc(C(=O)O[C@H](C)C(=O)N[C@@H]3CCCC[C@@H]3C)cc2)cs1. The number of carbonyl (C=O) groups is 2. The molecule has 0 aliphatic heterocycles. The van der Waals surface area contributed by atoms with E-state index in [1.54, 1.807) is 42.5 Å². The van der Waals surface area contributed by atoms with Crippen LogP contribution in [0.3, 0.4) is 0 Å². The molecule has 1 aliphatic carbocycles. The number of nitrogens with one attached hydrogen (secondary N) is 1. The normalized spacial score (nSPS) is 20.0. The lowest BCUT2D eigenvalue weighted by Gasteiger charge is -2.30. The van der Waals surface area contributed by atoms with E-state index in [0.717, 1.165) is 30.0 Å². The van der Waals surface area contributed by atoms with Crippen molar-refractivity contribution in [2.24, 2.45) is 5.92 Å². The van der Waals surface area contributed by atoms with Crippen molar-refractivity contribution in [1.82, 2.24) is 10.3 Å². The first kappa shape index (κ1) is 21.3. The van der Waals surface area contributed by atoms with Gasteiger partial charge in [-0.25, -0.2) is 9.78 Å². The van der Waals surface area contributed by atoms with Crippen LogP contribution in [0.2, 0.25) is 0 Å². The highest BCUT2D eigenvalue weighted by molar-refractivity contribution is 7.09. The van der Waals surface area contributed by atoms with Crippen LogP contribution in [0, 0.1) is 12.8 Å². The molecule has 3 atom stereocenters. The maximum atomic E-state index is 12.4. The number of aryl methyl sites for hydroxylation is 1. The van der Waals surface area contributed by atoms with Gasteiger partial charge in [0.2, 0.25) is 0 Å². The number of thiazole rings is 1. The molecule has 6 nitrogen and oxygen atoms in total. The largest absolute Gasteiger partial charge is 0.487 e. The van der Waals surface area contributed by atoms with Crippen molar-refractivity contribution in [3.05, 3.63) is 45.9 Å². The summed E-state index contributed by atoms with van der Waals surface area (Å²) >= 11 is 1.58. The molecule has 1 amide bonds. The number of rotatable bonds is 7. The second-order valence-corrected chi connectivity index (χ2v) is 8.66. The van der Waals surface area contributed by atoms with Gasteiger partial charge in [-0.1, -0.05) is 19.8 Å². The molecule has 0 unspecified atom stereocenters. The Hall–Kier alpha value is -2.41. The highest BCUT2D eigenvalue weighted by Crippen LogP contribution is 2.24. The van der Waals surface area contributed by atoms with E-state index < -0.39 is 12.1 Å². The molecule has 0 radical (unpaired) electrons. The Kier molecular flexibility index (Phi) is 7.25. The quantitative estimate of drug-likeness (QED) is 0.682. The third kappa shape index (κ3) is 6.03. The second kappa shape index (κ2) is 9.87. The van der Waals surface area contributed by atoms with E-state index in [-0.39, 0.29) is 11.9 Å². The fourth-order valence-electron chi connectivity index (χ4n) is 3.43. The minimum atomic E-state index is -0.833.